The van der Waals surface area contributed by atoms with E-state index in [1.54, 1.807) is 24.3 Å². The second-order valence-corrected chi connectivity index (χ2v) is 7.10. The van der Waals surface area contributed by atoms with Crippen molar-refractivity contribution in [1.82, 2.24) is 4.98 Å². The lowest BCUT2D eigenvalue weighted by Gasteiger charge is -2.07. The minimum Gasteiger partial charge on any atom is -0.482 e. The number of nitrogens with one attached hydrogen (secondary N) is 1. The summed E-state index contributed by atoms with van der Waals surface area (Å²) in [5.41, 5.74) is 1.87. The third kappa shape index (κ3) is 3.94. The zero-order valence-corrected chi connectivity index (χ0v) is 15.8. The summed E-state index contributed by atoms with van der Waals surface area (Å²) in [6, 6.07) is 21.3. The quantitative estimate of drug-likeness (QED) is 0.477. The Morgan fingerprint density at radius 3 is 2.70 bits per heavy atom. The Balaban J connectivity index is 1.46. The molecule has 0 atom stereocenters. The number of benzene rings is 3. The molecule has 4 nitrogen and oxygen atoms in total. The highest BCUT2D eigenvalue weighted by molar-refractivity contribution is 7.14. The normalized spacial score (nSPS) is 10.7. The van der Waals surface area contributed by atoms with Crippen LogP contribution in [-0.4, -0.2) is 17.5 Å². The number of halogens is 1. The molecule has 4 rings (SSSR count). The second kappa shape index (κ2) is 7.78. The van der Waals surface area contributed by atoms with E-state index in [2.05, 4.69) is 28.5 Å². The molecular formula is C21H15ClN2O2S. The van der Waals surface area contributed by atoms with Crippen LogP contribution >= 0.6 is 22.9 Å². The molecule has 1 amide bonds. The van der Waals surface area contributed by atoms with Crippen LogP contribution in [-0.2, 0) is 4.79 Å². The molecule has 0 bridgehead atoms. The van der Waals surface area contributed by atoms with Gasteiger partial charge in [0.15, 0.2) is 11.7 Å². The van der Waals surface area contributed by atoms with E-state index in [4.69, 9.17) is 16.3 Å². The number of anilines is 1. The molecule has 1 N–H and O–H groups in total. The molecule has 0 aliphatic carbocycles. The summed E-state index contributed by atoms with van der Waals surface area (Å²) in [5.74, 6) is 0.193. The Hall–Kier alpha value is -2.89. The van der Waals surface area contributed by atoms with Crippen molar-refractivity contribution in [3.63, 3.8) is 0 Å². The van der Waals surface area contributed by atoms with Gasteiger partial charge in [0.1, 0.15) is 5.75 Å². The van der Waals surface area contributed by atoms with Crippen molar-refractivity contribution >= 4 is 44.7 Å². The zero-order valence-electron chi connectivity index (χ0n) is 14.2. The number of nitrogens with zero attached hydrogens (tertiary/aromatic N) is 1. The molecule has 0 aliphatic heterocycles. The van der Waals surface area contributed by atoms with Crippen molar-refractivity contribution < 1.29 is 9.53 Å². The number of amides is 1. The van der Waals surface area contributed by atoms with Crippen LogP contribution < -0.4 is 10.1 Å². The van der Waals surface area contributed by atoms with Gasteiger partial charge in [0.2, 0.25) is 0 Å². The predicted molar refractivity (Wildman–Crippen MR) is 111 cm³/mol. The molecule has 1 aromatic heterocycles. The SMILES string of the molecule is O=C(COc1ccccc1Cl)Nc1nc(-c2cccc3ccccc23)cs1. The molecule has 0 unspecified atom stereocenters. The van der Waals surface area contributed by atoms with Gasteiger partial charge in [0.05, 0.1) is 10.7 Å². The molecule has 0 radical (unpaired) electrons. The van der Waals surface area contributed by atoms with Gasteiger partial charge in [-0.2, -0.15) is 0 Å². The maximum Gasteiger partial charge on any atom is 0.264 e. The van der Waals surface area contributed by atoms with Gasteiger partial charge in [-0.1, -0.05) is 66.2 Å². The molecule has 0 fully saturated rings. The molecule has 3 aromatic carbocycles. The van der Waals surface area contributed by atoms with Crippen LogP contribution in [0, 0.1) is 0 Å². The first kappa shape index (κ1) is 17.5. The average molecular weight is 395 g/mol. The van der Waals surface area contributed by atoms with Gasteiger partial charge in [-0.3, -0.25) is 10.1 Å². The minimum absolute atomic E-state index is 0.132. The summed E-state index contributed by atoms with van der Waals surface area (Å²) < 4.78 is 5.45. The number of rotatable bonds is 5. The lowest BCUT2D eigenvalue weighted by atomic mass is 10.0. The van der Waals surface area contributed by atoms with Gasteiger partial charge in [-0.05, 0) is 22.9 Å². The van der Waals surface area contributed by atoms with Gasteiger partial charge >= 0.3 is 0 Å². The molecular weight excluding hydrogens is 380 g/mol. The highest BCUT2D eigenvalue weighted by Gasteiger charge is 2.11. The Labute approximate surface area is 165 Å². The number of hydrogen-bond acceptors (Lipinski definition) is 4. The summed E-state index contributed by atoms with van der Waals surface area (Å²) in [7, 11) is 0. The fourth-order valence-electron chi connectivity index (χ4n) is 2.76. The number of carbonyl (C=O) groups excluding carboxylic acids is 1. The number of ether oxygens (including phenoxy) is 1. The maximum absolute atomic E-state index is 12.1. The van der Waals surface area contributed by atoms with E-state index in [1.165, 1.54) is 11.3 Å². The fourth-order valence-corrected chi connectivity index (χ4v) is 3.68. The summed E-state index contributed by atoms with van der Waals surface area (Å²) in [4.78, 5) is 16.7. The summed E-state index contributed by atoms with van der Waals surface area (Å²) in [6.45, 7) is -0.132. The Kier molecular flexibility index (Phi) is 5.05. The van der Waals surface area contributed by atoms with E-state index in [9.17, 15) is 4.79 Å². The number of para-hydroxylation sites is 1. The first-order chi connectivity index (χ1) is 13.2. The first-order valence-corrected chi connectivity index (χ1v) is 9.57. The molecule has 1 heterocycles. The smallest absolute Gasteiger partial charge is 0.264 e. The minimum atomic E-state index is -0.284. The lowest BCUT2D eigenvalue weighted by molar-refractivity contribution is -0.118. The van der Waals surface area contributed by atoms with Crippen molar-refractivity contribution in [2.24, 2.45) is 0 Å². The van der Waals surface area contributed by atoms with Crippen LogP contribution in [0.3, 0.4) is 0 Å². The molecule has 6 heteroatoms. The van der Waals surface area contributed by atoms with E-state index in [-0.39, 0.29) is 12.5 Å². The fraction of sp³-hybridized carbons (Fsp3) is 0.0476. The van der Waals surface area contributed by atoms with Crippen LogP contribution in [0.25, 0.3) is 22.0 Å². The molecule has 0 saturated carbocycles. The van der Waals surface area contributed by atoms with Gasteiger partial charge in [0, 0.05) is 10.9 Å². The van der Waals surface area contributed by atoms with Gasteiger partial charge in [-0.25, -0.2) is 4.98 Å². The topological polar surface area (TPSA) is 51.2 Å². The van der Waals surface area contributed by atoms with Crippen molar-refractivity contribution in [3.8, 4) is 17.0 Å². The van der Waals surface area contributed by atoms with E-state index >= 15 is 0 Å². The van der Waals surface area contributed by atoms with Crippen LogP contribution in [0.15, 0.2) is 72.1 Å². The summed E-state index contributed by atoms with van der Waals surface area (Å²) >= 11 is 7.40. The highest BCUT2D eigenvalue weighted by atomic mass is 35.5. The molecule has 0 spiro atoms. The van der Waals surface area contributed by atoms with E-state index in [1.807, 2.05) is 29.6 Å². The third-order valence-corrected chi connectivity index (χ3v) is 5.08. The number of aromatic nitrogens is 1. The number of thiazole rings is 1. The van der Waals surface area contributed by atoms with Crippen LogP contribution in [0.1, 0.15) is 0 Å². The molecule has 0 aliphatic rings. The first-order valence-electron chi connectivity index (χ1n) is 8.31. The monoisotopic (exact) mass is 394 g/mol. The number of carbonyl (C=O) groups is 1. The molecule has 134 valence electrons. The number of hydrogen-bond donors (Lipinski definition) is 1. The van der Waals surface area contributed by atoms with Crippen LogP contribution in [0.4, 0.5) is 5.13 Å². The van der Waals surface area contributed by atoms with Crippen molar-refractivity contribution in [3.05, 3.63) is 77.1 Å². The standard InChI is InChI=1S/C21H15ClN2O2S/c22-17-10-3-4-11-19(17)26-12-20(25)24-21-23-18(13-27-21)16-9-5-7-14-6-1-2-8-15(14)16/h1-11,13H,12H2,(H,23,24,25). The van der Waals surface area contributed by atoms with E-state index in [0.717, 1.165) is 22.0 Å². The van der Waals surface area contributed by atoms with Crippen molar-refractivity contribution in [2.75, 3.05) is 11.9 Å². The molecule has 4 aromatic rings. The number of fused-ring (bicyclic) bond motifs is 1. The van der Waals surface area contributed by atoms with Gasteiger partial charge in [-0.15, -0.1) is 11.3 Å². The third-order valence-electron chi connectivity index (χ3n) is 4.01. The summed E-state index contributed by atoms with van der Waals surface area (Å²) in [5, 5.41) is 7.99. The largest absolute Gasteiger partial charge is 0.482 e. The highest BCUT2D eigenvalue weighted by Crippen LogP contribution is 2.31. The van der Waals surface area contributed by atoms with Crippen LogP contribution in [0.5, 0.6) is 5.75 Å². The predicted octanol–water partition coefficient (Wildman–Crippen LogP) is 5.63. The van der Waals surface area contributed by atoms with Gasteiger partial charge < -0.3 is 4.74 Å². The van der Waals surface area contributed by atoms with Gasteiger partial charge in [0.25, 0.3) is 5.91 Å². The molecule has 27 heavy (non-hydrogen) atoms. The average Bonchev–Trinajstić information content (AvgIpc) is 3.15. The lowest BCUT2D eigenvalue weighted by Crippen LogP contribution is -2.20. The summed E-state index contributed by atoms with van der Waals surface area (Å²) in [6.07, 6.45) is 0. The van der Waals surface area contributed by atoms with E-state index in [0.29, 0.717) is 15.9 Å². The Bertz CT molecular complexity index is 1100. The maximum atomic E-state index is 12.1. The molecule has 0 saturated heterocycles. The zero-order chi connectivity index (χ0) is 18.6. The van der Waals surface area contributed by atoms with Crippen LogP contribution in [0.2, 0.25) is 5.02 Å². The van der Waals surface area contributed by atoms with E-state index < -0.39 is 0 Å². The Morgan fingerprint density at radius 2 is 1.81 bits per heavy atom. The Morgan fingerprint density at radius 1 is 1.04 bits per heavy atom. The van der Waals surface area contributed by atoms with Crippen molar-refractivity contribution in [2.45, 2.75) is 0 Å². The second-order valence-electron chi connectivity index (χ2n) is 5.83. The van der Waals surface area contributed by atoms with Crippen molar-refractivity contribution in [1.29, 1.82) is 0 Å².